The fourth-order valence-corrected chi connectivity index (χ4v) is 12.6. The maximum atomic E-state index is 6.61. The molecule has 1 aliphatic rings. The number of hydrogen-bond donors (Lipinski definition) is 0. The summed E-state index contributed by atoms with van der Waals surface area (Å²) in [5, 5.41) is 21.7. The van der Waals surface area contributed by atoms with Crippen LogP contribution in [0.5, 0.6) is 21.3 Å². The Labute approximate surface area is 418 Å². The Bertz CT molecular complexity index is 3800. The average molecular weight is 1020 g/mol. The molecular formula is C49H37N11O5S5. The standard InChI is InChI=1S/C49H37N11O5S5/c1-61-47-54-58-21-37(51-44(58)68-47)29-9-11-40(57-13-15-64-16-14-57)33(18-29)31-20-42-34(19-32(31)38-22-59-45(52-38)69-48(55-59)62-2)36(26-66-42)28-10-12-41(35(17-28)39-23-60-46(53-39)70-49(56-60)63-3)65-24-30-25-67-43(50-30)27-7-5-4-6-8-27/h4-12,17-23,25-26H,13-16,24H2,1-3H3. The maximum absolute atomic E-state index is 6.61. The maximum Gasteiger partial charge on any atom is 0.294 e. The van der Waals surface area contributed by atoms with Gasteiger partial charge < -0.3 is 28.6 Å². The van der Waals surface area contributed by atoms with Crippen LogP contribution in [0.3, 0.4) is 0 Å². The summed E-state index contributed by atoms with van der Waals surface area (Å²) >= 11 is 7.49. The normalized spacial score (nSPS) is 13.1. The molecule has 0 unspecified atom stereocenters. The van der Waals surface area contributed by atoms with Gasteiger partial charge >= 0.3 is 0 Å². The summed E-state index contributed by atoms with van der Waals surface area (Å²) in [7, 11) is 4.85. The first-order valence-electron chi connectivity index (χ1n) is 22.0. The first-order chi connectivity index (χ1) is 34.4. The molecule has 0 saturated carbocycles. The van der Waals surface area contributed by atoms with Gasteiger partial charge in [0, 0.05) is 67.6 Å². The molecule has 0 atom stereocenters. The van der Waals surface area contributed by atoms with E-state index in [1.165, 1.54) is 34.0 Å². The van der Waals surface area contributed by atoms with Gasteiger partial charge in [0.25, 0.3) is 15.6 Å². The zero-order chi connectivity index (χ0) is 46.9. The van der Waals surface area contributed by atoms with Gasteiger partial charge in [0.2, 0.25) is 14.9 Å². The van der Waals surface area contributed by atoms with Gasteiger partial charge in [-0.3, -0.25) is 0 Å². The second-order valence-electron chi connectivity index (χ2n) is 16.2. The van der Waals surface area contributed by atoms with Gasteiger partial charge in [-0.15, -0.1) is 38.0 Å². The van der Waals surface area contributed by atoms with Crippen LogP contribution in [0.1, 0.15) is 5.69 Å². The van der Waals surface area contributed by atoms with Crippen molar-refractivity contribution in [2.75, 3.05) is 52.5 Å². The van der Waals surface area contributed by atoms with E-state index in [1.54, 1.807) is 57.5 Å². The summed E-state index contributed by atoms with van der Waals surface area (Å²) in [6, 6.07) is 27.7. The van der Waals surface area contributed by atoms with Crippen molar-refractivity contribution in [3.63, 3.8) is 0 Å². The van der Waals surface area contributed by atoms with Crippen LogP contribution in [0.15, 0.2) is 108 Å². The molecule has 21 heteroatoms. The Morgan fingerprint density at radius 3 is 1.86 bits per heavy atom. The molecule has 9 heterocycles. The highest BCUT2D eigenvalue weighted by Crippen LogP contribution is 2.47. The number of hydrogen-bond acceptors (Lipinski definition) is 18. The molecule has 0 amide bonds. The van der Waals surface area contributed by atoms with Gasteiger partial charge in [-0.1, -0.05) is 42.5 Å². The molecule has 348 valence electrons. The number of nitrogens with zero attached hydrogens (tertiary/aromatic N) is 11. The van der Waals surface area contributed by atoms with Crippen LogP contribution < -0.4 is 23.8 Å². The van der Waals surface area contributed by atoms with E-state index in [0.717, 1.165) is 111 Å². The average Bonchev–Trinajstić information content (AvgIpc) is 4.27. The summed E-state index contributed by atoms with van der Waals surface area (Å²) in [6.07, 6.45) is 5.85. The van der Waals surface area contributed by atoms with Crippen molar-refractivity contribution in [3.8, 4) is 87.9 Å². The SMILES string of the molecule is COc1nn2cc(-c3ccc(N4CCOCC4)c(-c4cc5scc(-c6ccc(OCc7csc(-c8ccccc8)n7)c(-c7cn8nc(OC)sc8n7)c6)c5cc4-c4cn5nc(OC)sc5n4)c3)nc2s1. The zero-order valence-corrected chi connectivity index (χ0v) is 41.5. The summed E-state index contributed by atoms with van der Waals surface area (Å²) < 4.78 is 35.2. The number of morpholine rings is 1. The highest BCUT2D eigenvalue weighted by atomic mass is 32.1. The van der Waals surface area contributed by atoms with Crippen LogP contribution in [0, 0.1) is 0 Å². The van der Waals surface area contributed by atoms with E-state index in [2.05, 4.69) is 80.2 Å². The fraction of sp³-hybridized carbons (Fsp3) is 0.163. The number of benzene rings is 4. The second kappa shape index (κ2) is 17.6. The molecule has 0 spiro atoms. The van der Waals surface area contributed by atoms with Crippen molar-refractivity contribution < 1.29 is 23.7 Å². The van der Waals surface area contributed by atoms with Crippen LogP contribution in [0.25, 0.3) is 91.6 Å². The molecule has 0 radical (unpaired) electrons. The molecule has 0 bridgehead atoms. The van der Waals surface area contributed by atoms with Gasteiger partial charge in [0.05, 0.1) is 75.9 Å². The molecule has 4 aromatic carbocycles. The van der Waals surface area contributed by atoms with Crippen molar-refractivity contribution in [1.82, 2.24) is 48.8 Å². The van der Waals surface area contributed by atoms with Crippen molar-refractivity contribution in [3.05, 3.63) is 114 Å². The zero-order valence-electron chi connectivity index (χ0n) is 37.4. The Morgan fingerprint density at radius 1 is 0.557 bits per heavy atom. The highest BCUT2D eigenvalue weighted by molar-refractivity contribution is 7.19. The number of thiophene rings is 1. The Balaban J connectivity index is 0.948. The van der Waals surface area contributed by atoms with Gasteiger partial charge in [-0.05, 0) is 86.9 Å². The van der Waals surface area contributed by atoms with Crippen LogP contribution >= 0.6 is 56.7 Å². The quantitative estimate of drug-likeness (QED) is 0.108. The number of aromatic nitrogens is 10. The highest BCUT2D eigenvalue weighted by Gasteiger charge is 2.25. The predicted molar refractivity (Wildman–Crippen MR) is 277 cm³/mol. The number of fused-ring (bicyclic) bond motifs is 4. The summed E-state index contributed by atoms with van der Waals surface area (Å²) in [5.41, 5.74) is 12.3. The number of ether oxygens (including phenoxy) is 5. The number of imidazole rings is 3. The smallest absolute Gasteiger partial charge is 0.294 e. The monoisotopic (exact) mass is 1020 g/mol. The lowest BCUT2D eigenvalue weighted by Gasteiger charge is -2.31. The number of rotatable bonds is 13. The molecular weight excluding hydrogens is 983 g/mol. The van der Waals surface area contributed by atoms with Gasteiger partial charge in [-0.25, -0.2) is 33.5 Å². The molecule has 16 nitrogen and oxygen atoms in total. The second-order valence-corrected chi connectivity index (χ2v) is 20.7. The summed E-state index contributed by atoms with van der Waals surface area (Å²) in [6.45, 7) is 3.10. The van der Waals surface area contributed by atoms with Crippen molar-refractivity contribution in [2.24, 2.45) is 0 Å². The molecule has 0 aliphatic carbocycles. The molecule has 1 saturated heterocycles. The lowest BCUT2D eigenvalue weighted by Crippen LogP contribution is -2.36. The van der Waals surface area contributed by atoms with E-state index in [-0.39, 0.29) is 0 Å². The lowest BCUT2D eigenvalue weighted by atomic mass is 9.91. The van der Waals surface area contributed by atoms with E-state index < -0.39 is 0 Å². The fourth-order valence-electron chi connectivity index (χ4n) is 8.68. The molecule has 13 rings (SSSR count). The Kier molecular flexibility index (Phi) is 10.8. The van der Waals surface area contributed by atoms with Gasteiger partial charge in [-0.2, -0.15) is 0 Å². The van der Waals surface area contributed by atoms with Gasteiger partial charge in [0.1, 0.15) is 17.4 Å². The Hall–Kier alpha value is -7.27. The van der Waals surface area contributed by atoms with Crippen molar-refractivity contribution >= 4 is 87.3 Å². The minimum Gasteiger partial charge on any atom is -0.487 e. The number of methoxy groups -OCH3 is 3. The lowest BCUT2D eigenvalue weighted by molar-refractivity contribution is 0.123. The first-order valence-corrected chi connectivity index (χ1v) is 26.2. The molecule has 8 aromatic heterocycles. The number of thiazole rings is 1. The minimum absolute atomic E-state index is 0.290. The predicted octanol–water partition coefficient (Wildman–Crippen LogP) is 11.1. The first kappa shape index (κ1) is 42.8. The number of anilines is 1. The van der Waals surface area contributed by atoms with Gasteiger partial charge in [0.15, 0.2) is 0 Å². The minimum atomic E-state index is 0.290. The third-order valence-corrected chi connectivity index (χ3v) is 16.6. The molecule has 1 aliphatic heterocycles. The Morgan fingerprint density at radius 2 is 1.19 bits per heavy atom. The van der Waals surface area contributed by atoms with Crippen molar-refractivity contribution in [1.29, 1.82) is 0 Å². The van der Waals surface area contributed by atoms with E-state index in [9.17, 15) is 0 Å². The van der Waals surface area contributed by atoms with E-state index in [4.69, 9.17) is 43.6 Å². The topological polar surface area (TPSA) is 153 Å². The third-order valence-electron chi connectivity index (χ3n) is 12.0. The summed E-state index contributed by atoms with van der Waals surface area (Å²) in [5.74, 6) is 0.683. The van der Waals surface area contributed by atoms with Crippen LogP contribution in [-0.2, 0) is 11.3 Å². The molecule has 70 heavy (non-hydrogen) atoms. The molecule has 0 N–H and O–H groups in total. The van der Waals surface area contributed by atoms with Crippen molar-refractivity contribution in [2.45, 2.75) is 6.61 Å². The van der Waals surface area contributed by atoms with E-state index in [0.29, 0.717) is 46.1 Å². The largest absolute Gasteiger partial charge is 0.487 e. The summed E-state index contributed by atoms with van der Waals surface area (Å²) in [4.78, 5) is 24.7. The molecule has 12 aromatic rings. The molecule has 1 fully saturated rings. The van der Waals surface area contributed by atoms with E-state index in [1.807, 2.05) is 48.2 Å². The van der Waals surface area contributed by atoms with Crippen LogP contribution in [0.4, 0.5) is 5.69 Å². The van der Waals surface area contributed by atoms with Crippen LogP contribution in [-0.4, -0.2) is 96.4 Å². The van der Waals surface area contributed by atoms with E-state index >= 15 is 0 Å². The third kappa shape index (κ3) is 7.70. The van der Waals surface area contributed by atoms with Crippen LogP contribution in [0.2, 0.25) is 0 Å².